The van der Waals surface area contributed by atoms with Crippen LogP contribution in [-0.4, -0.2) is 14.5 Å². The standard InChI is InChI=1S/C18H13N3OS/c1-12-7-9-14(10-8-12)21-11-15-16(20-18(21)22)19-17(23-15)13-5-3-2-4-6-13/h2-11H,1H3. The fourth-order valence-corrected chi connectivity index (χ4v) is 3.33. The number of benzene rings is 2. The molecular weight excluding hydrogens is 306 g/mol. The van der Waals surface area contributed by atoms with Crippen molar-refractivity contribution in [3.8, 4) is 16.3 Å². The average Bonchev–Trinajstić information content (AvgIpc) is 2.98. The lowest BCUT2D eigenvalue weighted by Crippen LogP contribution is -2.20. The summed E-state index contributed by atoms with van der Waals surface area (Å²) in [4.78, 5) is 20.9. The molecule has 4 nitrogen and oxygen atoms in total. The van der Waals surface area contributed by atoms with Gasteiger partial charge in [-0.1, -0.05) is 48.0 Å². The van der Waals surface area contributed by atoms with E-state index in [4.69, 9.17) is 0 Å². The summed E-state index contributed by atoms with van der Waals surface area (Å²) >= 11 is 1.54. The van der Waals surface area contributed by atoms with Crippen LogP contribution in [0.15, 0.2) is 65.6 Å². The molecule has 0 N–H and O–H groups in total. The summed E-state index contributed by atoms with van der Waals surface area (Å²) in [5, 5.41) is 0.870. The smallest absolute Gasteiger partial charge is 0.266 e. The van der Waals surface area contributed by atoms with Crippen molar-refractivity contribution in [3.63, 3.8) is 0 Å². The van der Waals surface area contributed by atoms with E-state index in [1.807, 2.05) is 67.7 Å². The third kappa shape index (κ3) is 2.55. The Labute approximate surface area is 136 Å². The van der Waals surface area contributed by atoms with Crippen LogP contribution in [0.25, 0.3) is 26.6 Å². The summed E-state index contributed by atoms with van der Waals surface area (Å²) in [6.07, 6.45) is 1.82. The van der Waals surface area contributed by atoms with E-state index in [9.17, 15) is 4.79 Å². The highest BCUT2D eigenvalue weighted by atomic mass is 32.1. The van der Waals surface area contributed by atoms with Crippen LogP contribution >= 0.6 is 11.3 Å². The predicted molar refractivity (Wildman–Crippen MR) is 93.2 cm³/mol. The quantitative estimate of drug-likeness (QED) is 0.564. The second kappa shape index (κ2) is 5.44. The van der Waals surface area contributed by atoms with E-state index < -0.39 is 0 Å². The molecule has 4 rings (SSSR count). The van der Waals surface area contributed by atoms with Gasteiger partial charge in [0.15, 0.2) is 5.65 Å². The molecule has 5 heteroatoms. The number of aryl methyl sites for hydroxylation is 1. The molecule has 0 atom stereocenters. The fourth-order valence-electron chi connectivity index (χ4n) is 2.40. The SMILES string of the molecule is Cc1ccc(-n2cc3sc(-c4ccccc4)nc3nc2=O)cc1. The van der Waals surface area contributed by atoms with Gasteiger partial charge in [-0.2, -0.15) is 4.98 Å². The van der Waals surface area contributed by atoms with Crippen LogP contribution in [-0.2, 0) is 0 Å². The number of hydrogen-bond donors (Lipinski definition) is 0. The molecule has 23 heavy (non-hydrogen) atoms. The molecule has 0 aliphatic rings. The van der Waals surface area contributed by atoms with Gasteiger partial charge in [-0.05, 0) is 19.1 Å². The highest BCUT2D eigenvalue weighted by molar-refractivity contribution is 7.21. The molecule has 0 unspecified atom stereocenters. The highest BCUT2D eigenvalue weighted by Gasteiger charge is 2.10. The van der Waals surface area contributed by atoms with E-state index in [1.54, 1.807) is 4.57 Å². The van der Waals surface area contributed by atoms with Gasteiger partial charge in [-0.15, -0.1) is 11.3 Å². The molecule has 4 aromatic rings. The Morgan fingerprint density at radius 3 is 2.43 bits per heavy atom. The zero-order chi connectivity index (χ0) is 15.8. The largest absolute Gasteiger partial charge is 0.354 e. The van der Waals surface area contributed by atoms with Gasteiger partial charge >= 0.3 is 5.69 Å². The van der Waals surface area contributed by atoms with E-state index >= 15 is 0 Å². The molecule has 2 aromatic carbocycles. The first-order chi connectivity index (χ1) is 11.2. The molecule has 0 radical (unpaired) electrons. The molecule has 0 aliphatic carbocycles. The number of fused-ring (bicyclic) bond motifs is 1. The molecule has 0 aliphatic heterocycles. The average molecular weight is 319 g/mol. The third-order valence-corrected chi connectivity index (χ3v) is 4.65. The zero-order valence-corrected chi connectivity index (χ0v) is 13.2. The van der Waals surface area contributed by atoms with Crippen molar-refractivity contribution in [2.24, 2.45) is 0 Å². The van der Waals surface area contributed by atoms with E-state index in [2.05, 4.69) is 9.97 Å². The highest BCUT2D eigenvalue weighted by Crippen LogP contribution is 2.28. The predicted octanol–water partition coefficient (Wildman–Crippen LogP) is 3.82. The van der Waals surface area contributed by atoms with Crippen molar-refractivity contribution in [1.29, 1.82) is 0 Å². The van der Waals surface area contributed by atoms with Gasteiger partial charge in [0, 0.05) is 11.8 Å². The van der Waals surface area contributed by atoms with E-state index in [0.717, 1.165) is 26.5 Å². The monoisotopic (exact) mass is 319 g/mol. The van der Waals surface area contributed by atoms with Gasteiger partial charge in [0.05, 0.1) is 10.4 Å². The number of rotatable bonds is 2. The van der Waals surface area contributed by atoms with Crippen LogP contribution in [0.1, 0.15) is 5.56 Å². The molecule has 2 aromatic heterocycles. The minimum absolute atomic E-state index is 0.314. The molecule has 0 saturated carbocycles. The van der Waals surface area contributed by atoms with Crippen LogP contribution in [0.5, 0.6) is 0 Å². The maximum Gasteiger partial charge on any atom is 0.354 e. The summed E-state index contributed by atoms with van der Waals surface area (Å²) in [5.74, 6) is 0. The van der Waals surface area contributed by atoms with Gasteiger partial charge in [0.25, 0.3) is 0 Å². The topological polar surface area (TPSA) is 47.8 Å². The van der Waals surface area contributed by atoms with Crippen molar-refractivity contribution >= 4 is 21.7 Å². The maximum absolute atomic E-state index is 12.3. The lowest BCUT2D eigenvalue weighted by molar-refractivity contribution is 0.935. The molecule has 0 saturated heterocycles. The molecule has 2 heterocycles. The Morgan fingerprint density at radius 2 is 1.70 bits per heavy atom. The lowest BCUT2D eigenvalue weighted by atomic mass is 10.2. The second-order valence-electron chi connectivity index (χ2n) is 5.30. The van der Waals surface area contributed by atoms with Crippen molar-refractivity contribution < 1.29 is 0 Å². The summed E-state index contributed by atoms with van der Waals surface area (Å²) in [7, 11) is 0. The Balaban J connectivity index is 1.87. The normalized spacial score (nSPS) is 11.0. The minimum Gasteiger partial charge on any atom is -0.266 e. The van der Waals surface area contributed by atoms with Gasteiger partial charge in [0.1, 0.15) is 5.01 Å². The molecule has 0 fully saturated rings. The van der Waals surface area contributed by atoms with Crippen molar-refractivity contribution in [2.75, 3.05) is 0 Å². The number of nitrogens with zero attached hydrogens (tertiary/aromatic N) is 3. The first-order valence-corrected chi connectivity index (χ1v) is 8.05. The van der Waals surface area contributed by atoms with E-state index in [-0.39, 0.29) is 5.69 Å². The van der Waals surface area contributed by atoms with Crippen LogP contribution in [0, 0.1) is 6.92 Å². The molecular formula is C18H13N3OS. The lowest BCUT2D eigenvalue weighted by Gasteiger charge is -2.04. The van der Waals surface area contributed by atoms with Gasteiger partial charge in [-0.25, -0.2) is 9.78 Å². The first kappa shape index (κ1) is 13.8. The molecule has 0 amide bonds. The summed E-state index contributed by atoms with van der Waals surface area (Å²) in [6, 6.07) is 17.7. The Hall–Kier alpha value is -2.79. The van der Waals surface area contributed by atoms with Gasteiger partial charge in [-0.3, -0.25) is 4.57 Å². The number of aromatic nitrogens is 3. The maximum atomic E-state index is 12.3. The summed E-state index contributed by atoms with van der Waals surface area (Å²) in [6.45, 7) is 2.02. The fraction of sp³-hybridized carbons (Fsp3) is 0.0556. The third-order valence-electron chi connectivity index (χ3n) is 3.62. The van der Waals surface area contributed by atoms with Crippen molar-refractivity contribution in [1.82, 2.24) is 14.5 Å². The van der Waals surface area contributed by atoms with Crippen molar-refractivity contribution in [3.05, 3.63) is 76.8 Å². The summed E-state index contributed by atoms with van der Waals surface area (Å²) < 4.78 is 2.46. The molecule has 0 bridgehead atoms. The van der Waals surface area contributed by atoms with E-state index in [1.165, 1.54) is 11.3 Å². The summed E-state index contributed by atoms with van der Waals surface area (Å²) in [5.41, 5.74) is 3.18. The van der Waals surface area contributed by atoms with Crippen molar-refractivity contribution in [2.45, 2.75) is 6.92 Å². The van der Waals surface area contributed by atoms with Gasteiger partial charge < -0.3 is 0 Å². The Kier molecular flexibility index (Phi) is 3.28. The number of thiazole rings is 1. The van der Waals surface area contributed by atoms with Gasteiger partial charge in [0.2, 0.25) is 0 Å². The van der Waals surface area contributed by atoms with Crippen LogP contribution < -0.4 is 5.69 Å². The molecule has 0 spiro atoms. The minimum atomic E-state index is -0.314. The number of hydrogen-bond acceptors (Lipinski definition) is 4. The second-order valence-corrected chi connectivity index (χ2v) is 6.33. The zero-order valence-electron chi connectivity index (χ0n) is 12.4. The Morgan fingerprint density at radius 1 is 0.957 bits per heavy atom. The first-order valence-electron chi connectivity index (χ1n) is 7.23. The van der Waals surface area contributed by atoms with E-state index in [0.29, 0.717) is 5.65 Å². The van der Waals surface area contributed by atoms with Crippen LogP contribution in [0.4, 0.5) is 0 Å². The Bertz CT molecular complexity index is 1030. The van der Waals surface area contributed by atoms with Crippen LogP contribution in [0.3, 0.4) is 0 Å². The molecule has 112 valence electrons. The van der Waals surface area contributed by atoms with Crippen LogP contribution in [0.2, 0.25) is 0 Å².